The van der Waals surface area contributed by atoms with Crippen LogP contribution in [0.4, 0.5) is 11.4 Å². The van der Waals surface area contributed by atoms with Gasteiger partial charge in [-0.3, -0.25) is 14.4 Å². The van der Waals surface area contributed by atoms with Gasteiger partial charge in [0.25, 0.3) is 17.7 Å². The van der Waals surface area contributed by atoms with Crippen LogP contribution in [0.25, 0.3) is 0 Å². The second-order valence-electron chi connectivity index (χ2n) is 9.49. The van der Waals surface area contributed by atoms with Crippen LogP contribution in [0.2, 0.25) is 0 Å². The second-order valence-corrected chi connectivity index (χ2v) is 9.87. The van der Waals surface area contributed by atoms with E-state index in [0.717, 1.165) is 16.9 Å². The third kappa shape index (κ3) is 4.95. The molecule has 0 fully saturated rings. The molecular formula is C32H24ClN3O4. The molecule has 2 heterocycles. The van der Waals surface area contributed by atoms with Crippen LogP contribution in [-0.4, -0.2) is 29.2 Å². The molecule has 40 heavy (non-hydrogen) atoms. The summed E-state index contributed by atoms with van der Waals surface area (Å²) in [7, 11) is 0. The molecule has 0 spiro atoms. The number of nitrogens with zero attached hydrogens (tertiary/aromatic N) is 2. The molecule has 0 radical (unpaired) electrons. The predicted octanol–water partition coefficient (Wildman–Crippen LogP) is 6.11. The third-order valence-electron chi connectivity index (χ3n) is 6.92. The first-order valence-corrected chi connectivity index (χ1v) is 13.2. The number of fused-ring (bicyclic) bond motifs is 1. The van der Waals surface area contributed by atoms with E-state index in [2.05, 4.69) is 17.4 Å². The van der Waals surface area contributed by atoms with Crippen LogP contribution in [0.1, 0.15) is 21.5 Å². The smallest absolute Gasteiger partial charge is 0.283 e. The molecule has 0 aromatic heterocycles. The van der Waals surface area contributed by atoms with Crippen molar-refractivity contribution in [3.63, 3.8) is 0 Å². The molecule has 0 aliphatic carbocycles. The minimum atomic E-state index is -0.622. The number of carbonyl (C=O) groups excluding carboxylic acids is 3. The topological polar surface area (TPSA) is 79.0 Å². The predicted molar refractivity (Wildman–Crippen MR) is 153 cm³/mol. The highest BCUT2D eigenvalue weighted by molar-refractivity contribution is 6.53. The van der Waals surface area contributed by atoms with Gasteiger partial charge >= 0.3 is 0 Å². The number of nitrogens with one attached hydrogen (secondary N) is 1. The number of halogens is 1. The van der Waals surface area contributed by atoms with E-state index in [-0.39, 0.29) is 16.6 Å². The van der Waals surface area contributed by atoms with Crippen molar-refractivity contribution < 1.29 is 19.1 Å². The lowest BCUT2D eigenvalue weighted by atomic mass is 9.99. The number of rotatable bonds is 6. The maximum atomic E-state index is 13.2. The average Bonchev–Trinajstić information content (AvgIpc) is 3.20. The van der Waals surface area contributed by atoms with Crippen LogP contribution in [0.15, 0.2) is 114 Å². The fourth-order valence-corrected chi connectivity index (χ4v) is 5.04. The Kier molecular flexibility index (Phi) is 6.80. The normalized spacial score (nSPS) is 14.8. The fraction of sp³-hybridized carbons (Fsp3) is 0.0938. The Balaban J connectivity index is 1.12. The van der Waals surface area contributed by atoms with Crippen LogP contribution in [-0.2, 0) is 22.6 Å². The zero-order valence-electron chi connectivity index (χ0n) is 21.3. The quantitative estimate of drug-likeness (QED) is 0.293. The molecule has 7 nitrogen and oxygen atoms in total. The largest absolute Gasteiger partial charge is 0.457 e. The minimum Gasteiger partial charge on any atom is -0.457 e. The molecule has 0 saturated carbocycles. The number of amides is 3. The number of imide groups is 1. The molecule has 2 aliphatic rings. The number of hydrogen-bond donors (Lipinski definition) is 1. The Hall–Kier alpha value is -4.88. The van der Waals surface area contributed by atoms with Gasteiger partial charge in [-0.05, 0) is 78.2 Å². The molecule has 0 unspecified atom stereocenters. The van der Waals surface area contributed by atoms with E-state index in [1.807, 2.05) is 47.4 Å². The van der Waals surface area contributed by atoms with Crippen molar-refractivity contribution in [2.75, 3.05) is 16.8 Å². The molecule has 4 aromatic rings. The second kappa shape index (κ2) is 10.7. The summed E-state index contributed by atoms with van der Waals surface area (Å²) in [5.41, 5.74) is 3.85. The number of carbonyl (C=O) groups is 3. The molecule has 4 aromatic carbocycles. The van der Waals surface area contributed by atoms with Gasteiger partial charge in [-0.1, -0.05) is 54.1 Å². The van der Waals surface area contributed by atoms with E-state index >= 15 is 0 Å². The Labute approximate surface area is 236 Å². The summed E-state index contributed by atoms with van der Waals surface area (Å²) < 4.78 is 5.79. The van der Waals surface area contributed by atoms with Crippen molar-refractivity contribution in [1.82, 2.24) is 4.90 Å². The van der Waals surface area contributed by atoms with Crippen molar-refractivity contribution >= 4 is 40.7 Å². The van der Waals surface area contributed by atoms with Crippen LogP contribution in [0, 0.1) is 0 Å². The lowest BCUT2D eigenvalue weighted by Crippen LogP contribution is -2.35. The first kappa shape index (κ1) is 25.4. The van der Waals surface area contributed by atoms with Gasteiger partial charge in [-0.25, -0.2) is 4.90 Å². The Bertz CT molecular complexity index is 1630. The van der Waals surface area contributed by atoms with Crippen molar-refractivity contribution in [1.29, 1.82) is 0 Å². The van der Waals surface area contributed by atoms with E-state index < -0.39 is 11.8 Å². The summed E-state index contributed by atoms with van der Waals surface area (Å²) in [6, 6.07) is 30.8. The van der Waals surface area contributed by atoms with Gasteiger partial charge in [-0.15, -0.1) is 0 Å². The van der Waals surface area contributed by atoms with Gasteiger partial charge in [-0.2, -0.15) is 0 Å². The molecule has 0 bridgehead atoms. The molecule has 8 heteroatoms. The highest BCUT2D eigenvalue weighted by Crippen LogP contribution is 2.32. The summed E-state index contributed by atoms with van der Waals surface area (Å²) in [6.45, 7) is 1.23. The molecule has 0 atom stereocenters. The third-order valence-corrected chi connectivity index (χ3v) is 7.27. The summed E-state index contributed by atoms with van der Waals surface area (Å²) in [5.74, 6) is -0.0122. The van der Waals surface area contributed by atoms with Gasteiger partial charge in [0.2, 0.25) is 0 Å². The zero-order valence-corrected chi connectivity index (χ0v) is 22.1. The van der Waals surface area contributed by atoms with Crippen molar-refractivity contribution in [2.24, 2.45) is 0 Å². The first-order chi connectivity index (χ1) is 19.5. The van der Waals surface area contributed by atoms with Gasteiger partial charge in [0.1, 0.15) is 22.2 Å². The molecule has 198 valence electrons. The van der Waals surface area contributed by atoms with Crippen LogP contribution >= 0.6 is 11.6 Å². The molecule has 3 amide bonds. The summed E-state index contributed by atoms with van der Waals surface area (Å²) >= 11 is 6.30. The number of anilines is 2. The van der Waals surface area contributed by atoms with Crippen molar-refractivity contribution in [3.8, 4) is 11.5 Å². The summed E-state index contributed by atoms with van der Waals surface area (Å²) in [5, 5.41) is 2.75. The maximum absolute atomic E-state index is 13.2. The van der Waals surface area contributed by atoms with E-state index in [0.29, 0.717) is 41.5 Å². The van der Waals surface area contributed by atoms with Crippen LogP contribution < -0.4 is 15.0 Å². The van der Waals surface area contributed by atoms with E-state index in [4.69, 9.17) is 16.3 Å². The lowest BCUT2D eigenvalue weighted by molar-refractivity contribution is -0.120. The molecule has 6 rings (SSSR count). The summed E-state index contributed by atoms with van der Waals surface area (Å²) in [4.78, 5) is 42.0. The van der Waals surface area contributed by atoms with Crippen LogP contribution in [0.5, 0.6) is 11.5 Å². The number of ether oxygens (including phenoxy) is 1. The van der Waals surface area contributed by atoms with Gasteiger partial charge in [0, 0.05) is 24.3 Å². The van der Waals surface area contributed by atoms with E-state index in [1.165, 1.54) is 5.56 Å². The molecule has 2 aliphatic heterocycles. The van der Waals surface area contributed by atoms with Gasteiger partial charge in [0.15, 0.2) is 0 Å². The molecule has 0 saturated heterocycles. The minimum absolute atomic E-state index is 0.0250. The monoisotopic (exact) mass is 549 g/mol. The Morgan fingerprint density at radius 2 is 1.40 bits per heavy atom. The molecular weight excluding hydrogens is 526 g/mol. The SMILES string of the molecule is O=C(c1ccc(NC2=C(Cl)C(=O)N(c3ccc(Oc4ccccc4)cc3)C2=O)cc1)N1CCc2ccccc2C1. The van der Waals surface area contributed by atoms with E-state index in [1.54, 1.807) is 48.5 Å². The highest BCUT2D eigenvalue weighted by atomic mass is 35.5. The summed E-state index contributed by atoms with van der Waals surface area (Å²) in [6.07, 6.45) is 0.823. The average molecular weight is 550 g/mol. The number of hydrogen-bond acceptors (Lipinski definition) is 5. The first-order valence-electron chi connectivity index (χ1n) is 12.8. The van der Waals surface area contributed by atoms with Gasteiger partial charge in [0.05, 0.1) is 5.69 Å². The number of benzene rings is 4. The Morgan fingerprint density at radius 1 is 0.750 bits per heavy atom. The standard InChI is InChI=1S/C32H24ClN3O4/c33-28-29(32(39)36(31(28)38)25-14-16-27(17-15-25)40-26-8-2-1-3-9-26)34-24-12-10-22(11-13-24)30(37)35-19-18-21-6-4-5-7-23(21)20-35/h1-17,34H,18-20H2. The maximum Gasteiger partial charge on any atom is 0.283 e. The van der Waals surface area contributed by atoms with Crippen molar-refractivity contribution in [2.45, 2.75) is 13.0 Å². The fourth-order valence-electron chi connectivity index (χ4n) is 4.83. The zero-order chi connectivity index (χ0) is 27.6. The van der Waals surface area contributed by atoms with Gasteiger partial charge < -0.3 is 15.0 Å². The molecule has 1 N–H and O–H groups in total. The highest BCUT2D eigenvalue weighted by Gasteiger charge is 2.39. The van der Waals surface area contributed by atoms with Crippen molar-refractivity contribution in [3.05, 3.63) is 131 Å². The van der Waals surface area contributed by atoms with E-state index in [9.17, 15) is 14.4 Å². The number of para-hydroxylation sites is 1. The Morgan fingerprint density at radius 3 is 2.12 bits per heavy atom. The lowest BCUT2D eigenvalue weighted by Gasteiger charge is -2.29. The van der Waals surface area contributed by atoms with Crippen LogP contribution in [0.3, 0.4) is 0 Å².